The lowest BCUT2D eigenvalue weighted by Gasteiger charge is -2.16. The Balaban J connectivity index is 2.16. The van der Waals surface area contributed by atoms with Gasteiger partial charge in [0.15, 0.2) is 5.76 Å². The lowest BCUT2D eigenvalue weighted by Crippen LogP contribution is -2.29. The lowest BCUT2D eigenvalue weighted by atomic mass is 10.2. The highest BCUT2D eigenvalue weighted by Crippen LogP contribution is 2.21. The molecule has 1 N–H and O–H groups in total. The summed E-state index contributed by atoms with van der Waals surface area (Å²) in [5.74, 6) is 0.184. The third kappa shape index (κ3) is 3.15. The molecule has 4 nitrogen and oxygen atoms in total. The van der Waals surface area contributed by atoms with Gasteiger partial charge in [0.1, 0.15) is 5.58 Å². The van der Waals surface area contributed by atoms with E-state index < -0.39 is 6.10 Å². The maximum Gasteiger partial charge on any atom is 0.289 e. The van der Waals surface area contributed by atoms with Crippen LogP contribution < -0.4 is 0 Å². The third-order valence-electron chi connectivity index (χ3n) is 3.11. The van der Waals surface area contributed by atoms with Crippen LogP contribution in [0.3, 0.4) is 0 Å². The van der Waals surface area contributed by atoms with Crippen molar-refractivity contribution in [2.45, 2.75) is 26.4 Å². The molecule has 0 radical (unpaired) electrons. The summed E-state index contributed by atoms with van der Waals surface area (Å²) in [6, 6.07) is 7.59. The standard InChI is InChI=1S/C15H19NO3/c1-10-4-5-13-12(8-10)9-14(19-13)15(18)16(3)7-6-11(2)17/h4-5,8-9,11,17H,6-7H2,1-3H3. The van der Waals surface area contributed by atoms with Gasteiger partial charge in [0.05, 0.1) is 6.10 Å². The molecule has 1 atom stereocenters. The number of rotatable bonds is 4. The number of carbonyl (C=O) groups excluding carboxylic acids is 1. The van der Waals surface area contributed by atoms with E-state index in [1.54, 1.807) is 24.9 Å². The van der Waals surface area contributed by atoms with Gasteiger partial charge in [-0.2, -0.15) is 0 Å². The zero-order chi connectivity index (χ0) is 14.0. The second kappa shape index (κ2) is 5.45. The van der Waals surface area contributed by atoms with Gasteiger partial charge >= 0.3 is 0 Å². The number of aryl methyl sites for hydroxylation is 1. The Labute approximate surface area is 112 Å². The summed E-state index contributed by atoms with van der Waals surface area (Å²) in [7, 11) is 1.71. The first-order valence-corrected chi connectivity index (χ1v) is 6.41. The summed E-state index contributed by atoms with van der Waals surface area (Å²) in [5, 5.41) is 10.2. The molecule has 0 spiro atoms. The van der Waals surface area contributed by atoms with Crippen molar-refractivity contribution in [2.75, 3.05) is 13.6 Å². The molecule has 1 aromatic heterocycles. The van der Waals surface area contributed by atoms with Gasteiger partial charge in [-0.1, -0.05) is 11.6 Å². The van der Waals surface area contributed by atoms with Crippen LogP contribution in [0.1, 0.15) is 29.5 Å². The Morgan fingerprint density at radius 2 is 2.16 bits per heavy atom. The Morgan fingerprint density at radius 3 is 2.84 bits per heavy atom. The van der Waals surface area contributed by atoms with Crippen molar-refractivity contribution in [3.8, 4) is 0 Å². The van der Waals surface area contributed by atoms with E-state index in [0.29, 0.717) is 18.7 Å². The zero-order valence-electron chi connectivity index (χ0n) is 11.5. The van der Waals surface area contributed by atoms with Crippen LogP contribution in [0.2, 0.25) is 0 Å². The van der Waals surface area contributed by atoms with Crippen molar-refractivity contribution in [1.29, 1.82) is 0 Å². The van der Waals surface area contributed by atoms with E-state index in [2.05, 4.69) is 0 Å². The maximum absolute atomic E-state index is 12.2. The maximum atomic E-state index is 12.2. The number of carbonyl (C=O) groups is 1. The normalized spacial score (nSPS) is 12.6. The average Bonchev–Trinajstić information content (AvgIpc) is 2.77. The number of nitrogens with zero attached hydrogens (tertiary/aromatic N) is 1. The van der Waals surface area contributed by atoms with E-state index in [4.69, 9.17) is 4.42 Å². The molecule has 2 aromatic rings. The molecule has 102 valence electrons. The number of hydrogen-bond donors (Lipinski definition) is 1. The molecule has 19 heavy (non-hydrogen) atoms. The predicted molar refractivity (Wildman–Crippen MR) is 74.2 cm³/mol. The highest BCUT2D eigenvalue weighted by molar-refractivity contribution is 5.96. The van der Waals surface area contributed by atoms with E-state index in [0.717, 1.165) is 16.5 Å². The Bertz CT molecular complexity index is 586. The van der Waals surface area contributed by atoms with Crippen molar-refractivity contribution in [1.82, 2.24) is 4.90 Å². The molecule has 1 unspecified atom stereocenters. The quantitative estimate of drug-likeness (QED) is 0.920. The summed E-state index contributed by atoms with van der Waals surface area (Å²) < 4.78 is 5.56. The fourth-order valence-corrected chi connectivity index (χ4v) is 1.94. The largest absolute Gasteiger partial charge is 0.451 e. The van der Waals surface area contributed by atoms with Crippen molar-refractivity contribution in [2.24, 2.45) is 0 Å². The second-order valence-electron chi connectivity index (χ2n) is 5.02. The van der Waals surface area contributed by atoms with Gasteiger partial charge in [-0.05, 0) is 38.5 Å². The monoisotopic (exact) mass is 261 g/mol. The summed E-state index contributed by atoms with van der Waals surface area (Å²) in [6.45, 7) is 4.22. The lowest BCUT2D eigenvalue weighted by molar-refractivity contribution is 0.0740. The molecule has 0 saturated carbocycles. The number of aliphatic hydroxyl groups excluding tert-OH is 1. The van der Waals surface area contributed by atoms with Gasteiger partial charge in [0.2, 0.25) is 0 Å². The van der Waals surface area contributed by atoms with E-state index >= 15 is 0 Å². The highest BCUT2D eigenvalue weighted by Gasteiger charge is 2.17. The molecule has 1 heterocycles. The molecule has 0 aliphatic carbocycles. The highest BCUT2D eigenvalue weighted by atomic mass is 16.3. The van der Waals surface area contributed by atoms with Crippen LogP contribution in [-0.2, 0) is 0 Å². The molecule has 0 bridgehead atoms. The van der Waals surface area contributed by atoms with Crippen LogP contribution in [0.15, 0.2) is 28.7 Å². The molecule has 4 heteroatoms. The van der Waals surface area contributed by atoms with Gasteiger partial charge in [0, 0.05) is 19.0 Å². The zero-order valence-corrected chi connectivity index (χ0v) is 11.5. The minimum Gasteiger partial charge on any atom is -0.451 e. The first-order chi connectivity index (χ1) is 8.97. The first-order valence-electron chi connectivity index (χ1n) is 6.41. The van der Waals surface area contributed by atoms with E-state index in [1.807, 2.05) is 25.1 Å². The topological polar surface area (TPSA) is 53.7 Å². The van der Waals surface area contributed by atoms with E-state index in [9.17, 15) is 9.90 Å². The van der Waals surface area contributed by atoms with Gasteiger partial charge in [0.25, 0.3) is 5.91 Å². The number of furan rings is 1. The fraction of sp³-hybridized carbons (Fsp3) is 0.400. The summed E-state index contributed by atoms with van der Waals surface area (Å²) >= 11 is 0. The number of hydrogen-bond acceptors (Lipinski definition) is 3. The Morgan fingerprint density at radius 1 is 1.42 bits per heavy atom. The van der Waals surface area contributed by atoms with Crippen LogP contribution >= 0.6 is 0 Å². The van der Waals surface area contributed by atoms with Gasteiger partial charge in [-0.3, -0.25) is 4.79 Å². The molecule has 0 saturated heterocycles. The van der Waals surface area contributed by atoms with Crippen molar-refractivity contribution < 1.29 is 14.3 Å². The van der Waals surface area contributed by atoms with Crippen LogP contribution in [0.25, 0.3) is 11.0 Å². The number of benzene rings is 1. The second-order valence-corrected chi connectivity index (χ2v) is 5.02. The number of aliphatic hydroxyl groups is 1. The van der Waals surface area contributed by atoms with Crippen LogP contribution in [0, 0.1) is 6.92 Å². The summed E-state index contributed by atoms with van der Waals surface area (Å²) in [4.78, 5) is 13.7. The summed E-state index contributed by atoms with van der Waals surface area (Å²) in [5.41, 5.74) is 1.85. The van der Waals surface area contributed by atoms with Crippen molar-refractivity contribution in [3.05, 3.63) is 35.6 Å². The molecule has 0 aliphatic rings. The van der Waals surface area contributed by atoms with Crippen LogP contribution in [-0.4, -0.2) is 35.6 Å². The minimum atomic E-state index is -0.409. The van der Waals surface area contributed by atoms with Crippen molar-refractivity contribution >= 4 is 16.9 Å². The van der Waals surface area contributed by atoms with Gasteiger partial charge in [-0.25, -0.2) is 0 Å². The average molecular weight is 261 g/mol. The molecular weight excluding hydrogens is 242 g/mol. The third-order valence-corrected chi connectivity index (χ3v) is 3.11. The molecular formula is C15H19NO3. The fourth-order valence-electron chi connectivity index (χ4n) is 1.94. The smallest absolute Gasteiger partial charge is 0.289 e. The van der Waals surface area contributed by atoms with E-state index in [1.165, 1.54) is 0 Å². The molecule has 2 rings (SSSR count). The number of fused-ring (bicyclic) bond motifs is 1. The van der Waals surface area contributed by atoms with Crippen LogP contribution in [0.4, 0.5) is 0 Å². The molecule has 0 fully saturated rings. The minimum absolute atomic E-state index is 0.158. The summed E-state index contributed by atoms with van der Waals surface area (Å²) in [6.07, 6.45) is 0.148. The Kier molecular flexibility index (Phi) is 3.90. The van der Waals surface area contributed by atoms with E-state index in [-0.39, 0.29) is 5.91 Å². The van der Waals surface area contributed by atoms with Crippen molar-refractivity contribution in [3.63, 3.8) is 0 Å². The first kappa shape index (κ1) is 13.6. The molecule has 1 amide bonds. The molecule has 1 aromatic carbocycles. The number of amides is 1. The Hall–Kier alpha value is -1.81. The van der Waals surface area contributed by atoms with Crippen LogP contribution in [0.5, 0.6) is 0 Å². The SMILES string of the molecule is Cc1ccc2oc(C(=O)N(C)CCC(C)O)cc2c1. The van der Waals surface area contributed by atoms with Gasteiger partial charge in [-0.15, -0.1) is 0 Å². The van der Waals surface area contributed by atoms with Gasteiger partial charge < -0.3 is 14.4 Å². The predicted octanol–water partition coefficient (Wildman–Crippen LogP) is 2.58. The molecule has 0 aliphatic heterocycles.